The van der Waals surface area contributed by atoms with Crippen LogP contribution in [0.4, 0.5) is 0 Å². The second-order valence-corrected chi connectivity index (χ2v) is 3.92. The van der Waals surface area contributed by atoms with Crippen molar-refractivity contribution in [3.63, 3.8) is 0 Å². The van der Waals surface area contributed by atoms with E-state index in [-0.39, 0.29) is 0 Å². The summed E-state index contributed by atoms with van der Waals surface area (Å²) in [5.74, 6) is 1.09. The van der Waals surface area contributed by atoms with Crippen molar-refractivity contribution < 1.29 is 4.74 Å². The molecule has 0 saturated carbocycles. The lowest BCUT2D eigenvalue weighted by Crippen LogP contribution is -2.25. The molecule has 2 heteroatoms. The van der Waals surface area contributed by atoms with Gasteiger partial charge in [-0.2, -0.15) is 0 Å². The first-order valence-electron chi connectivity index (χ1n) is 5.14. The molecule has 0 amide bonds. The first-order chi connectivity index (χ1) is 6.74. The van der Waals surface area contributed by atoms with Crippen LogP contribution in [0.5, 0.6) is 5.75 Å². The van der Waals surface area contributed by atoms with Gasteiger partial charge in [-0.05, 0) is 32.0 Å². The van der Waals surface area contributed by atoms with Gasteiger partial charge in [0, 0.05) is 18.0 Å². The summed E-state index contributed by atoms with van der Waals surface area (Å²) in [4.78, 5) is 0. The number of hydrogen-bond acceptors (Lipinski definition) is 2. The molecule has 76 valence electrons. The van der Waals surface area contributed by atoms with E-state index in [0.717, 1.165) is 18.8 Å². The van der Waals surface area contributed by atoms with Gasteiger partial charge in [0.25, 0.3) is 0 Å². The topological polar surface area (TPSA) is 21.3 Å². The highest BCUT2D eigenvalue weighted by atomic mass is 16.5. The Balaban J connectivity index is 2.55. The van der Waals surface area contributed by atoms with E-state index >= 15 is 0 Å². The van der Waals surface area contributed by atoms with Gasteiger partial charge in [0.15, 0.2) is 0 Å². The highest BCUT2D eigenvalue weighted by molar-refractivity contribution is 5.48. The van der Waals surface area contributed by atoms with Crippen molar-refractivity contribution >= 4 is 0 Å². The molecule has 2 rings (SSSR count). The third kappa shape index (κ3) is 1.40. The van der Waals surface area contributed by atoms with Crippen molar-refractivity contribution in [3.8, 4) is 5.75 Å². The number of aryl methyl sites for hydroxylation is 2. The van der Waals surface area contributed by atoms with Crippen molar-refractivity contribution in [1.82, 2.24) is 5.32 Å². The Kier molecular flexibility index (Phi) is 2.46. The Bertz CT molecular complexity index is 346. The quantitative estimate of drug-likeness (QED) is 0.735. The predicted octanol–water partition coefficient (Wildman–Crippen LogP) is 2.35. The molecule has 1 aromatic carbocycles. The molecule has 1 atom stereocenters. The predicted molar refractivity (Wildman–Crippen MR) is 57.8 cm³/mol. The molecule has 1 aliphatic heterocycles. The van der Waals surface area contributed by atoms with Gasteiger partial charge in [-0.25, -0.2) is 0 Å². The van der Waals surface area contributed by atoms with E-state index in [9.17, 15) is 0 Å². The SMILES string of the molecule is CNC1CCOc2c(C)ccc(C)c21. The molecule has 0 radical (unpaired) electrons. The van der Waals surface area contributed by atoms with Crippen LogP contribution in [-0.4, -0.2) is 13.7 Å². The summed E-state index contributed by atoms with van der Waals surface area (Å²) >= 11 is 0. The monoisotopic (exact) mass is 191 g/mol. The van der Waals surface area contributed by atoms with Crippen LogP contribution in [0.2, 0.25) is 0 Å². The van der Waals surface area contributed by atoms with E-state index in [1.54, 1.807) is 0 Å². The number of rotatable bonds is 1. The van der Waals surface area contributed by atoms with Crippen LogP contribution in [0.25, 0.3) is 0 Å². The van der Waals surface area contributed by atoms with Gasteiger partial charge in [0.05, 0.1) is 6.61 Å². The second kappa shape index (κ2) is 3.62. The van der Waals surface area contributed by atoms with Crippen molar-refractivity contribution in [2.24, 2.45) is 0 Å². The average molecular weight is 191 g/mol. The normalized spacial score (nSPS) is 20.1. The van der Waals surface area contributed by atoms with E-state index < -0.39 is 0 Å². The van der Waals surface area contributed by atoms with Gasteiger partial charge in [-0.15, -0.1) is 0 Å². The van der Waals surface area contributed by atoms with E-state index in [1.807, 2.05) is 7.05 Å². The lowest BCUT2D eigenvalue weighted by molar-refractivity contribution is 0.255. The van der Waals surface area contributed by atoms with Crippen LogP contribution in [0.3, 0.4) is 0 Å². The molecule has 1 aliphatic rings. The van der Waals surface area contributed by atoms with E-state index in [4.69, 9.17) is 4.74 Å². The summed E-state index contributed by atoms with van der Waals surface area (Å²) in [6.45, 7) is 5.08. The summed E-state index contributed by atoms with van der Waals surface area (Å²) in [6.07, 6.45) is 1.06. The van der Waals surface area contributed by atoms with Gasteiger partial charge in [-0.1, -0.05) is 12.1 Å². The van der Waals surface area contributed by atoms with Crippen LogP contribution in [0.1, 0.15) is 29.2 Å². The van der Waals surface area contributed by atoms with E-state index in [1.165, 1.54) is 16.7 Å². The molecule has 0 saturated heterocycles. The third-order valence-corrected chi connectivity index (χ3v) is 2.96. The Morgan fingerprint density at radius 1 is 1.29 bits per heavy atom. The molecule has 0 aliphatic carbocycles. The number of ether oxygens (including phenoxy) is 1. The summed E-state index contributed by atoms with van der Waals surface area (Å²) in [5, 5.41) is 3.35. The van der Waals surface area contributed by atoms with Gasteiger partial charge in [0.2, 0.25) is 0 Å². The molecule has 1 aromatic rings. The van der Waals surface area contributed by atoms with Crippen LogP contribution in [-0.2, 0) is 0 Å². The Morgan fingerprint density at radius 3 is 2.71 bits per heavy atom. The fourth-order valence-electron chi connectivity index (χ4n) is 2.14. The molecule has 1 unspecified atom stereocenters. The van der Waals surface area contributed by atoms with E-state index in [0.29, 0.717) is 6.04 Å². The number of hydrogen-bond donors (Lipinski definition) is 1. The molecular formula is C12H17NO. The Hall–Kier alpha value is -1.02. The lowest BCUT2D eigenvalue weighted by Gasteiger charge is -2.28. The van der Waals surface area contributed by atoms with Crippen molar-refractivity contribution in [3.05, 3.63) is 28.8 Å². The minimum atomic E-state index is 0.457. The van der Waals surface area contributed by atoms with E-state index in [2.05, 4.69) is 31.3 Å². The molecular weight excluding hydrogens is 174 g/mol. The molecule has 1 N–H and O–H groups in total. The maximum absolute atomic E-state index is 5.73. The second-order valence-electron chi connectivity index (χ2n) is 3.92. The van der Waals surface area contributed by atoms with Crippen molar-refractivity contribution in [1.29, 1.82) is 0 Å². The average Bonchev–Trinajstić information content (AvgIpc) is 2.23. The van der Waals surface area contributed by atoms with Crippen molar-refractivity contribution in [2.75, 3.05) is 13.7 Å². The summed E-state index contributed by atoms with van der Waals surface area (Å²) < 4.78 is 5.73. The molecule has 0 fully saturated rings. The van der Waals surface area contributed by atoms with Crippen LogP contribution >= 0.6 is 0 Å². The number of benzene rings is 1. The van der Waals surface area contributed by atoms with Gasteiger partial charge >= 0.3 is 0 Å². The van der Waals surface area contributed by atoms with Gasteiger partial charge in [-0.3, -0.25) is 0 Å². The van der Waals surface area contributed by atoms with Crippen molar-refractivity contribution in [2.45, 2.75) is 26.3 Å². The highest BCUT2D eigenvalue weighted by Crippen LogP contribution is 2.36. The highest BCUT2D eigenvalue weighted by Gasteiger charge is 2.22. The van der Waals surface area contributed by atoms with Gasteiger partial charge < -0.3 is 10.1 Å². The minimum Gasteiger partial charge on any atom is -0.493 e. The largest absolute Gasteiger partial charge is 0.493 e. The smallest absolute Gasteiger partial charge is 0.127 e. The fraction of sp³-hybridized carbons (Fsp3) is 0.500. The summed E-state index contributed by atoms with van der Waals surface area (Å²) in [6, 6.07) is 4.76. The molecule has 0 aromatic heterocycles. The zero-order valence-corrected chi connectivity index (χ0v) is 9.05. The Morgan fingerprint density at radius 2 is 2.00 bits per heavy atom. The van der Waals surface area contributed by atoms with Crippen LogP contribution in [0, 0.1) is 13.8 Å². The molecule has 0 bridgehead atoms. The summed E-state index contributed by atoms with van der Waals surface area (Å²) in [5.41, 5.74) is 3.91. The van der Waals surface area contributed by atoms with Crippen LogP contribution in [0.15, 0.2) is 12.1 Å². The van der Waals surface area contributed by atoms with Gasteiger partial charge in [0.1, 0.15) is 5.75 Å². The zero-order chi connectivity index (χ0) is 10.1. The first-order valence-corrected chi connectivity index (χ1v) is 5.14. The number of nitrogens with one attached hydrogen (secondary N) is 1. The maximum Gasteiger partial charge on any atom is 0.127 e. The Labute approximate surface area is 85.3 Å². The molecule has 1 heterocycles. The molecule has 2 nitrogen and oxygen atoms in total. The maximum atomic E-state index is 5.73. The standard InChI is InChI=1S/C12H17NO/c1-8-4-5-9(2)12-11(8)10(13-3)6-7-14-12/h4-5,10,13H,6-7H2,1-3H3. The lowest BCUT2D eigenvalue weighted by atomic mass is 9.94. The fourth-order valence-corrected chi connectivity index (χ4v) is 2.14. The minimum absolute atomic E-state index is 0.457. The first kappa shape index (κ1) is 9.53. The molecule has 0 spiro atoms. The molecule has 14 heavy (non-hydrogen) atoms. The van der Waals surface area contributed by atoms with Crippen LogP contribution < -0.4 is 10.1 Å². The number of fused-ring (bicyclic) bond motifs is 1. The zero-order valence-electron chi connectivity index (χ0n) is 9.05. The third-order valence-electron chi connectivity index (χ3n) is 2.96. The summed E-state index contributed by atoms with van der Waals surface area (Å²) in [7, 11) is 2.02.